The molecule has 0 saturated carbocycles. The molecule has 1 unspecified atom stereocenters. The first-order valence-electron chi connectivity index (χ1n) is 9.85. The summed E-state index contributed by atoms with van der Waals surface area (Å²) in [6.07, 6.45) is 6.10. The molecule has 0 radical (unpaired) electrons. The van der Waals surface area contributed by atoms with Crippen LogP contribution in [0.3, 0.4) is 0 Å². The van der Waals surface area contributed by atoms with E-state index in [0.717, 1.165) is 10.6 Å². The smallest absolute Gasteiger partial charge is 0.262 e. The Bertz CT molecular complexity index is 1040. The summed E-state index contributed by atoms with van der Waals surface area (Å²) in [6, 6.07) is 5.18. The highest BCUT2D eigenvalue weighted by Crippen LogP contribution is 2.28. The number of hydrogen-bond donors (Lipinski definition) is 2. The summed E-state index contributed by atoms with van der Waals surface area (Å²) >= 11 is 12.5. The van der Waals surface area contributed by atoms with Crippen LogP contribution in [0.5, 0.6) is 0 Å². The second kappa shape index (κ2) is 8.38. The monoisotopic (exact) mass is 434 g/mol. The van der Waals surface area contributed by atoms with E-state index in [4.69, 9.17) is 33.9 Å². The van der Waals surface area contributed by atoms with Gasteiger partial charge in [0, 0.05) is 36.8 Å². The van der Waals surface area contributed by atoms with E-state index in [0.29, 0.717) is 67.9 Å². The van der Waals surface area contributed by atoms with Crippen LogP contribution in [-0.4, -0.2) is 39.2 Å². The number of hydrogen-bond acceptors (Lipinski definition) is 5. The summed E-state index contributed by atoms with van der Waals surface area (Å²) < 4.78 is 1.72. The molecular formula is C21H24Cl2N4O2. The Hall–Kier alpha value is -2.02. The van der Waals surface area contributed by atoms with Crippen molar-refractivity contribution >= 4 is 45.7 Å². The van der Waals surface area contributed by atoms with Gasteiger partial charge >= 0.3 is 0 Å². The van der Waals surface area contributed by atoms with E-state index in [1.54, 1.807) is 22.8 Å². The summed E-state index contributed by atoms with van der Waals surface area (Å²) in [5.74, 6) is 0.617. The number of rotatable bonds is 4. The minimum Gasteiger partial charge on any atom is -0.399 e. The lowest BCUT2D eigenvalue weighted by molar-refractivity contribution is 0.145. The van der Waals surface area contributed by atoms with Gasteiger partial charge in [0.1, 0.15) is 0 Å². The molecule has 8 heteroatoms. The van der Waals surface area contributed by atoms with Gasteiger partial charge in [-0.25, -0.2) is 4.98 Å². The molecule has 154 valence electrons. The van der Waals surface area contributed by atoms with Crippen molar-refractivity contribution in [2.24, 2.45) is 0 Å². The molecule has 1 aromatic heterocycles. The number of fused-ring (bicyclic) bond motifs is 1. The van der Waals surface area contributed by atoms with Crippen LogP contribution in [-0.2, 0) is 6.54 Å². The molecule has 1 atom stereocenters. The standard InChI is InChI=1S/C21H24Cl2N4O2/c22-14-2-1-13(18(23)11-14)5-10-27-20(29)17-4-3-15(24)12-19(17)25-21(27)26-8-6-16(28)7-9-26/h1-4,12,14,16,28H,5-11,24H2. The highest BCUT2D eigenvalue weighted by atomic mass is 35.5. The number of aromatic nitrogens is 2. The van der Waals surface area contributed by atoms with Crippen LogP contribution in [0.1, 0.15) is 25.7 Å². The van der Waals surface area contributed by atoms with Crippen LogP contribution in [0.25, 0.3) is 10.9 Å². The van der Waals surface area contributed by atoms with Gasteiger partial charge in [-0.15, -0.1) is 11.6 Å². The minimum absolute atomic E-state index is 0.0860. The molecule has 4 rings (SSSR count). The van der Waals surface area contributed by atoms with Crippen molar-refractivity contribution in [3.63, 3.8) is 0 Å². The van der Waals surface area contributed by atoms with Gasteiger partial charge in [0.15, 0.2) is 0 Å². The summed E-state index contributed by atoms with van der Waals surface area (Å²) in [4.78, 5) is 20.1. The maximum absolute atomic E-state index is 13.3. The number of piperidine rings is 1. The largest absolute Gasteiger partial charge is 0.399 e. The highest BCUT2D eigenvalue weighted by molar-refractivity contribution is 6.31. The molecule has 2 aliphatic rings. The molecule has 0 amide bonds. The van der Waals surface area contributed by atoms with Crippen molar-refractivity contribution in [3.8, 4) is 0 Å². The zero-order chi connectivity index (χ0) is 20.5. The Balaban J connectivity index is 1.72. The second-order valence-corrected chi connectivity index (χ2v) is 8.64. The summed E-state index contributed by atoms with van der Waals surface area (Å²) in [6.45, 7) is 1.76. The lowest BCUT2D eigenvalue weighted by Crippen LogP contribution is -2.40. The third-order valence-corrected chi connectivity index (χ3v) is 6.24. The number of nitrogen functional groups attached to an aromatic ring is 1. The van der Waals surface area contributed by atoms with Gasteiger partial charge in [0.2, 0.25) is 5.95 Å². The first-order chi connectivity index (χ1) is 13.9. The highest BCUT2D eigenvalue weighted by Gasteiger charge is 2.23. The Morgan fingerprint density at radius 2 is 2.03 bits per heavy atom. The fraction of sp³-hybridized carbons (Fsp3) is 0.429. The average Bonchev–Trinajstić information content (AvgIpc) is 2.69. The molecule has 2 heterocycles. The van der Waals surface area contributed by atoms with E-state index in [-0.39, 0.29) is 17.0 Å². The van der Waals surface area contributed by atoms with Gasteiger partial charge in [0.05, 0.1) is 22.4 Å². The number of nitrogens with two attached hydrogens (primary N) is 1. The predicted octanol–water partition coefficient (Wildman–Crippen LogP) is 3.39. The quantitative estimate of drug-likeness (QED) is 0.568. The molecular weight excluding hydrogens is 411 g/mol. The van der Waals surface area contributed by atoms with E-state index in [2.05, 4.69) is 4.90 Å². The van der Waals surface area contributed by atoms with Crippen molar-refractivity contribution in [2.45, 2.75) is 43.7 Å². The van der Waals surface area contributed by atoms with Gasteiger partial charge in [-0.05, 0) is 43.0 Å². The number of nitrogens with zero attached hydrogens (tertiary/aromatic N) is 3. The van der Waals surface area contributed by atoms with Gasteiger partial charge in [0.25, 0.3) is 5.56 Å². The molecule has 2 aromatic rings. The molecule has 1 aromatic carbocycles. The topological polar surface area (TPSA) is 84.4 Å². The minimum atomic E-state index is -0.303. The third kappa shape index (κ3) is 4.29. The van der Waals surface area contributed by atoms with E-state index in [1.807, 2.05) is 12.2 Å². The first-order valence-corrected chi connectivity index (χ1v) is 10.7. The van der Waals surface area contributed by atoms with Gasteiger partial charge in [-0.2, -0.15) is 0 Å². The molecule has 1 fully saturated rings. The van der Waals surface area contributed by atoms with Crippen LogP contribution in [0.15, 0.2) is 45.8 Å². The van der Waals surface area contributed by atoms with E-state index in [1.165, 1.54) is 0 Å². The Morgan fingerprint density at radius 1 is 1.28 bits per heavy atom. The van der Waals surface area contributed by atoms with Crippen LogP contribution in [0.2, 0.25) is 0 Å². The van der Waals surface area contributed by atoms with Crippen molar-refractivity contribution < 1.29 is 5.11 Å². The maximum atomic E-state index is 13.3. The maximum Gasteiger partial charge on any atom is 0.262 e. The van der Waals surface area contributed by atoms with Gasteiger partial charge in [-0.1, -0.05) is 23.8 Å². The van der Waals surface area contributed by atoms with Crippen LogP contribution < -0.4 is 16.2 Å². The summed E-state index contributed by atoms with van der Waals surface area (Å²) in [5.41, 5.74) is 7.97. The van der Waals surface area contributed by atoms with Gasteiger partial charge in [-0.3, -0.25) is 9.36 Å². The summed E-state index contributed by atoms with van der Waals surface area (Å²) in [7, 11) is 0. The number of alkyl halides is 1. The van der Waals surface area contributed by atoms with Gasteiger partial charge < -0.3 is 15.7 Å². The van der Waals surface area contributed by atoms with Crippen LogP contribution in [0, 0.1) is 0 Å². The Labute approximate surface area is 179 Å². The number of aliphatic hydroxyl groups is 1. The number of anilines is 2. The predicted molar refractivity (Wildman–Crippen MR) is 119 cm³/mol. The molecule has 1 saturated heterocycles. The number of aliphatic hydroxyl groups excluding tert-OH is 1. The number of allylic oxidation sites excluding steroid dienone is 4. The van der Waals surface area contributed by atoms with Crippen molar-refractivity contribution in [1.29, 1.82) is 0 Å². The average molecular weight is 435 g/mol. The fourth-order valence-corrected chi connectivity index (χ4v) is 4.50. The first kappa shape index (κ1) is 20.3. The fourth-order valence-electron chi connectivity index (χ4n) is 3.87. The zero-order valence-electron chi connectivity index (χ0n) is 16.0. The molecule has 1 aliphatic carbocycles. The molecule has 6 nitrogen and oxygen atoms in total. The number of benzene rings is 1. The van der Waals surface area contributed by atoms with E-state index in [9.17, 15) is 9.90 Å². The number of halogens is 2. The normalized spacial score (nSPS) is 20.7. The zero-order valence-corrected chi connectivity index (χ0v) is 17.5. The van der Waals surface area contributed by atoms with E-state index >= 15 is 0 Å². The van der Waals surface area contributed by atoms with Crippen LogP contribution >= 0.6 is 23.2 Å². The summed E-state index contributed by atoms with van der Waals surface area (Å²) in [5, 5.41) is 11.1. The third-order valence-electron chi connectivity index (χ3n) is 5.54. The molecule has 29 heavy (non-hydrogen) atoms. The van der Waals surface area contributed by atoms with Crippen molar-refractivity contribution in [1.82, 2.24) is 9.55 Å². The van der Waals surface area contributed by atoms with Crippen molar-refractivity contribution in [3.05, 3.63) is 51.3 Å². The van der Waals surface area contributed by atoms with Crippen LogP contribution in [0.4, 0.5) is 11.6 Å². The molecule has 3 N–H and O–H groups in total. The molecule has 0 spiro atoms. The van der Waals surface area contributed by atoms with E-state index < -0.39 is 0 Å². The molecule has 0 bridgehead atoms. The second-order valence-electron chi connectivity index (χ2n) is 7.62. The molecule has 1 aliphatic heterocycles. The SMILES string of the molecule is Nc1ccc2c(=O)n(CCC3=C(Cl)CC(Cl)C=C3)c(N3CCC(O)CC3)nc2c1. The Kier molecular flexibility index (Phi) is 5.86. The van der Waals surface area contributed by atoms with Crippen molar-refractivity contribution in [2.75, 3.05) is 23.7 Å². The Morgan fingerprint density at radius 3 is 2.76 bits per heavy atom. The lowest BCUT2D eigenvalue weighted by atomic mass is 10.0. The lowest BCUT2D eigenvalue weighted by Gasteiger charge is -2.32.